The Labute approximate surface area is 135 Å². The number of anilines is 1. The van der Waals surface area contributed by atoms with Gasteiger partial charge >= 0.3 is 0 Å². The van der Waals surface area contributed by atoms with Gasteiger partial charge in [0.15, 0.2) is 0 Å². The molecule has 1 heterocycles. The van der Waals surface area contributed by atoms with E-state index in [1.54, 1.807) is 12.3 Å². The summed E-state index contributed by atoms with van der Waals surface area (Å²) >= 11 is 3.28. The summed E-state index contributed by atoms with van der Waals surface area (Å²) in [7, 11) is 0.610. The zero-order valence-electron chi connectivity index (χ0n) is 12.6. The van der Waals surface area contributed by atoms with Gasteiger partial charge in [0, 0.05) is 17.2 Å². The monoisotopic (exact) mass is 379 g/mol. The third kappa shape index (κ3) is 7.10. The number of hydrogen-bond acceptors (Lipinski definition) is 5. The predicted molar refractivity (Wildman–Crippen MR) is 88.3 cm³/mol. The molecule has 0 saturated heterocycles. The van der Waals surface area contributed by atoms with Crippen molar-refractivity contribution in [2.24, 2.45) is 0 Å². The van der Waals surface area contributed by atoms with E-state index in [2.05, 4.69) is 30.5 Å². The van der Waals surface area contributed by atoms with Gasteiger partial charge in [-0.05, 0) is 48.9 Å². The van der Waals surface area contributed by atoms with Crippen LogP contribution in [-0.4, -0.2) is 51.3 Å². The van der Waals surface area contributed by atoms with Crippen LogP contribution in [0.25, 0.3) is 0 Å². The fourth-order valence-electron chi connectivity index (χ4n) is 1.65. The van der Waals surface area contributed by atoms with Crippen molar-refractivity contribution in [1.82, 2.24) is 9.88 Å². The number of sulfonamides is 1. The Balaban J connectivity index is 2.75. The molecule has 0 spiro atoms. The Hall–Kier alpha value is -0.860. The molecule has 21 heavy (non-hydrogen) atoms. The Morgan fingerprint density at radius 1 is 1.43 bits per heavy atom. The summed E-state index contributed by atoms with van der Waals surface area (Å²) in [6, 6.07) is 1.65. The first-order chi connectivity index (χ1) is 9.84. The maximum Gasteiger partial charge on any atom is 0.238 e. The van der Waals surface area contributed by atoms with Crippen LogP contribution in [0.4, 0.5) is 5.69 Å². The molecule has 0 radical (unpaired) electrons. The molecule has 0 aliphatic carbocycles. The number of rotatable bonds is 9. The standard InChI is InChI=1S/C13H22BrN3O3S/c1-4-8-21(18,19)16-12-9-11(14)10-15-13(12)20-7-5-6-17(2)3/h9-10,16H,4-8H2,1-3H3. The maximum atomic E-state index is 11.9. The third-order valence-electron chi connectivity index (χ3n) is 2.54. The molecule has 0 amide bonds. The highest BCUT2D eigenvalue weighted by molar-refractivity contribution is 9.10. The first-order valence-electron chi connectivity index (χ1n) is 6.77. The first kappa shape index (κ1) is 18.2. The van der Waals surface area contributed by atoms with Gasteiger partial charge in [-0.15, -0.1) is 0 Å². The molecule has 1 aromatic rings. The summed E-state index contributed by atoms with van der Waals surface area (Å²) < 4.78 is 32.5. The van der Waals surface area contributed by atoms with Crippen LogP contribution < -0.4 is 9.46 Å². The van der Waals surface area contributed by atoms with Gasteiger partial charge in [0.05, 0.1) is 12.4 Å². The molecule has 8 heteroatoms. The highest BCUT2D eigenvalue weighted by Crippen LogP contribution is 2.26. The summed E-state index contributed by atoms with van der Waals surface area (Å²) in [6.45, 7) is 3.19. The largest absolute Gasteiger partial charge is 0.476 e. The second-order valence-corrected chi connectivity index (χ2v) is 7.69. The normalized spacial score (nSPS) is 11.7. The average molecular weight is 380 g/mol. The van der Waals surface area contributed by atoms with Crippen molar-refractivity contribution < 1.29 is 13.2 Å². The molecule has 0 aliphatic heterocycles. The lowest BCUT2D eigenvalue weighted by molar-refractivity contribution is 0.274. The number of nitrogens with one attached hydrogen (secondary N) is 1. The van der Waals surface area contributed by atoms with E-state index >= 15 is 0 Å². The summed E-state index contributed by atoms with van der Waals surface area (Å²) in [5, 5.41) is 0. The number of pyridine rings is 1. The molecule has 0 atom stereocenters. The van der Waals surface area contributed by atoms with Gasteiger partial charge in [0.25, 0.3) is 0 Å². The Morgan fingerprint density at radius 3 is 2.76 bits per heavy atom. The molecule has 0 saturated carbocycles. The number of hydrogen-bond donors (Lipinski definition) is 1. The highest BCUT2D eigenvalue weighted by Gasteiger charge is 2.14. The predicted octanol–water partition coefficient (Wildman–Crippen LogP) is 2.33. The van der Waals surface area contributed by atoms with E-state index in [-0.39, 0.29) is 5.75 Å². The zero-order valence-corrected chi connectivity index (χ0v) is 15.0. The SMILES string of the molecule is CCCS(=O)(=O)Nc1cc(Br)cnc1OCCCN(C)C. The van der Waals surface area contributed by atoms with Gasteiger partial charge in [-0.3, -0.25) is 4.72 Å². The fourth-order valence-corrected chi connectivity index (χ4v) is 3.10. The van der Waals surface area contributed by atoms with Gasteiger partial charge in [-0.2, -0.15) is 0 Å². The van der Waals surface area contributed by atoms with Gasteiger partial charge in [-0.25, -0.2) is 13.4 Å². The Bertz CT molecular complexity index is 550. The average Bonchev–Trinajstić information content (AvgIpc) is 2.35. The summed E-state index contributed by atoms with van der Waals surface area (Å²) in [5.74, 6) is 0.371. The van der Waals surface area contributed by atoms with Crippen molar-refractivity contribution in [1.29, 1.82) is 0 Å². The molecule has 0 fully saturated rings. The van der Waals surface area contributed by atoms with E-state index < -0.39 is 10.0 Å². The minimum Gasteiger partial charge on any atom is -0.476 e. The van der Waals surface area contributed by atoms with Crippen LogP contribution in [0.5, 0.6) is 5.88 Å². The fraction of sp³-hybridized carbons (Fsp3) is 0.615. The van der Waals surface area contributed by atoms with Crippen molar-refractivity contribution in [3.05, 3.63) is 16.7 Å². The highest BCUT2D eigenvalue weighted by atomic mass is 79.9. The molecule has 1 rings (SSSR count). The number of aromatic nitrogens is 1. The van der Waals surface area contributed by atoms with E-state index in [4.69, 9.17) is 4.74 Å². The molecule has 0 aliphatic rings. The molecule has 120 valence electrons. The number of halogens is 1. The summed E-state index contributed by atoms with van der Waals surface area (Å²) in [5.41, 5.74) is 0.364. The Morgan fingerprint density at radius 2 is 2.14 bits per heavy atom. The molecule has 6 nitrogen and oxygen atoms in total. The van der Waals surface area contributed by atoms with Crippen LogP contribution in [0.15, 0.2) is 16.7 Å². The van der Waals surface area contributed by atoms with Crippen molar-refractivity contribution in [2.45, 2.75) is 19.8 Å². The third-order valence-corrected chi connectivity index (χ3v) is 4.45. The lowest BCUT2D eigenvalue weighted by atomic mass is 10.4. The van der Waals surface area contributed by atoms with Crippen molar-refractivity contribution in [3.63, 3.8) is 0 Å². The van der Waals surface area contributed by atoms with E-state index in [1.165, 1.54) is 0 Å². The quantitative estimate of drug-likeness (QED) is 0.666. The van der Waals surface area contributed by atoms with Crippen LogP contribution in [0.1, 0.15) is 19.8 Å². The van der Waals surface area contributed by atoms with Crippen molar-refractivity contribution in [3.8, 4) is 5.88 Å². The molecule has 0 bridgehead atoms. The second-order valence-electron chi connectivity index (χ2n) is 4.93. The Kier molecular flexibility index (Phi) is 7.41. The van der Waals surface area contributed by atoms with Crippen LogP contribution in [0.3, 0.4) is 0 Å². The molecule has 0 unspecified atom stereocenters. The van der Waals surface area contributed by atoms with Crippen molar-refractivity contribution >= 4 is 31.6 Å². The van der Waals surface area contributed by atoms with E-state index in [0.717, 1.165) is 13.0 Å². The van der Waals surface area contributed by atoms with Gasteiger partial charge in [0.2, 0.25) is 15.9 Å². The van der Waals surface area contributed by atoms with Crippen LogP contribution >= 0.6 is 15.9 Å². The number of nitrogens with zero attached hydrogens (tertiary/aromatic N) is 2. The minimum atomic E-state index is -3.37. The van der Waals surface area contributed by atoms with Crippen LogP contribution in [0.2, 0.25) is 0 Å². The molecule has 0 aromatic carbocycles. The van der Waals surface area contributed by atoms with Crippen LogP contribution in [0, 0.1) is 0 Å². The van der Waals surface area contributed by atoms with E-state index in [0.29, 0.717) is 29.1 Å². The summed E-state index contributed by atoms with van der Waals surface area (Å²) in [6.07, 6.45) is 2.97. The smallest absolute Gasteiger partial charge is 0.238 e. The topological polar surface area (TPSA) is 71.5 Å². The maximum absolute atomic E-state index is 11.9. The molecular formula is C13H22BrN3O3S. The van der Waals surface area contributed by atoms with E-state index in [9.17, 15) is 8.42 Å². The van der Waals surface area contributed by atoms with Crippen LogP contribution in [-0.2, 0) is 10.0 Å². The lowest BCUT2D eigenvalue weighted by Crippen LogP contribution is -2.18. The lowest BCUT2D eigenvalue weighted by Gasteiger charge is -2.14. The second kappa shape index (κ2) is 8.55. The van der Waals surface area contributed by atoms with E-state index in [1.807, 2.05) is 21.0 Å². The van der Waals surface area contributed by atoms with Gasteiger partial charge in [-0.1, -0.05) is 6.92 Å². The van der Waals surface area contributed by atoms with Gasteiger partial charge < -0.3 is 9.64 Å². The van der Waals surface area contributed by atoms with Crippen molar-refractivity contribution in [2.75, 3.05) is 37.7 Å². The molecule has 1 N–H and O–H groups in total. The molecular weight excluding hydrogens is 358 g/mol. The number of ether oxygens (including phenoxy) is 1. The van der Waals surface area contributed by atoms with Gasteiger partial charge in [0.1, 0.15) is 5.69 Å². The minimum absolute atomic E-state index is 0.0690. The first-order valence-corrected chi connectivity index (χ1v) is 9.22. The zero-order chi connectivity index (χ0) is 15.9. The summed E-state index contributed by atoms with van der Waals surface area (Å²) in [4.78, 5) is 6.19. The molecule has 1 aromatic heterocycles.